The average Bonchev–Trinajstić information content (AvgIpc) is 3.29. The number of hydrogen-bond donors (Lipinski definition) is 2. The summed E-state index contributed by atoms with van der Waals surface area (Å²) in [6.45, 7) is 6.45. The maximum absolute atomic E-state index is 13.5. The molecular formula is C27H25N3O2. The maximum Gasteiger partial charge on any atom is 0.273 e. The number of carbonyl (C=O) groups is 1. The molecule has 5 nitrogen and oxygen atoms in total. The van der Waals surface area contributed by atoms with Crippen molar-refractivity contribution in [2.24, 2.45) is 0 Å². The van der Waals surface area contributed by atoms with Crippen LogP contribution in [0.15, 0.2) is 66.7 Å². The molecule has 1 aromatic heterocycles. The number of aromatic hydroxyl groups is 1. The van der Waals surface area contributed by atoms with Gasteiger partial charge in [-0.1, -0.05) is 66.2 Å². The molecule has 0 aliphatic carbocycles. The molecule has 32 heavy (non-hydrogen) atoms. The van der Waals surface area contributed by atoms with Gasteiger partial charge in [0.1, 0.15) is 17.1 Å². The van der Waals surface area contributed by atoms with Crippen LogP contribution in [0.25, 0.3) is 11.3 Å². The predicted octanol–water partition coefficient (Wildman–Crippen LogP) is 5.45. The first-order chi connectivity index (χ1) is 15.4. The van der Waals surface area contributed by atoms with Gasteiger partial charge in [-0.25, -0.2) is 0 Å². The number of aromatic amines is 1. The maximum atomic E-state index is 13.5. The van der Waals surface area contributed by atoms with E-state index in [0.717, 1.165) is 27.8 Å². The third-order valence-corrected chi connectivity index (χ3v) is 6.15. The van der Waals surface area contributed by atoms with Crippen LogP contribution >= 0.6 is 0 Å². The number of aromatic nitrogens is 2. The van der Waals surface area contributed by atoms with Crippen LogP contribution < -0.4 is 0 Å². The van der Waals surface area contributed by atoms with Gasteiger partial charge in [-0.2, -0.15) is 5.10 Å². The van der Waals surface area contributed by atoms with Crippen LogP contribution in [-0.2, 0) is 6.54 Å². The fourth-order valence-corrected chi connectivity index (χ4v) is 4.68. The van der Waals surface area contributed by atoms with E-state index in [2.05, 4.69) is 41.4 Å². The Morgan fingerprint density at radius 3 is 2.38 bits per heavy atom. The Labute approximate surface area is 187 Å². The van der Waals surface area contributed by atoms with Gasteiger partial charge in [-0.3, -0.25) is 9.89 Å². The van der Waals surface area contributed by atoms with Crippen molar-refractivity contribution < 1.29 is 9.90 Å². The topological polar surface area (TPSA) is 69.2 Å². The average molecular weight is 424 g/mol. The van der Waals surface area contributed by atoms with Gasteiger partial charge in [0.15, 0.2) is 0 Å². The van der Waals surface area contributed by atoms with E-state index in [0.29, 0.717) is 23.5 Å². The quantitative estimate of drug-likeness (QED) is 0.458. The lowest BCUT2D eigenvalue weighted by molar-refractivity contribution is 0.0730. The Bertz CT molecular complexity index is 1280. The Balaban J connectivity index is 1.67. The highest BCUT2D eigenvalue weighted by atomic mass is 16.3. The molecule has 2 N–H and O–H groups in total. The number of phenols is 1. The summed E-state index contributed by atoms with van der Waals surface area (Å²) in [4.78, 5) is 15.4. The Hall–Kier alpha value is -3.86. The molecule has 0 bridgehead atoms. The zero-order valence-corrected chi connectivity index (χ0v) is 18.4. The lowest BCUT2D eigenvalue weighted by atomic mass is 9.93. The molecule has 5 heteroatoms. The molecule has 4 aromatic rings. The number of phenolic OH excluding ortho intramolecular Hbond substituents is 1. The van der Waals surface area contributed by atoms with E-state index in [-0.39, 0.29) is 17.7 Å². The van der Waals surface area contributed by atoms with Crippen LogP contribution in [0.3, 0.4) is 0 Å². The number of hydrogen-bond acceptors (Lipinski definition) is 3. The fraction of sp³-hybridized carbons (Fsp3) is 0.185. The van der Waals surface area contributed by atoms with E-state index >= 15 is 0 Å². The van der Waals surface area contributed by atoms with Crippen LogP contribution in [-0.4, -0.2) is 26.1 Å². The van der Waals surface area contributed by atoms with Gasteiger partial charge in [0.2, 0.25) is 0 Å². The second kappa shape index (κ2) is 7.68. The van der Waals surface area contributed by atoms with Gasteiger partial charge in [0, 0.05) is 17.7 Å². The molecule has 0 saturated carbocycles. The van der Waals surface area contributed by atoms with Crippen LogP contribution in [0.5, 0.6) is 5.75 Å². The van der Waals surface area contributed by atoms with Crippen LogP contribution in [0.2, 0.25) is 0 Å². The second-order valence-electron chi connectivity index (χ2n) is 8.57. The summed E-state index contributed by atoms with van der Waals surface area (Å²) in [6, 6.07) is 21.7. The van der Waals surface area contributed by atoms with E-state index in [1.807, 2.05) is 55.1 Å². The highest BCUT2D eigenvalue weighted by Gasteiger charge is 2.42. The Morgan fingerprint density at radius 1 is 0.969 bits per heavy atom. The van der Waals surface area contributed by atoms with Crippen LogP contribution in [0, 0.1) is 20.8 Å². The standard InChI is InChI=1S/C27H25N3O2/c1-16-9-11-19(12-10-16)15-30-26(20-7-5-4-6-8-20)23-24(28-29-25(23)27(30)32)22-18(3)13-17(2)14-21(22)31/h4-14,26,31H,15H2,1-3H3,(H,28,29). The van der Waals surface area contributed by atoms with Crippen molar-refractivity contribution in [2.45, 2.75) is 33.4 Å². The third kappa shape index (κ3) is 3.26. The van der Waals surface area contributed by atoms with Crippen molar-refractivity contribution >= 4 is 5.91 Å². The van der Waals surface area contributed by atoms with Crippen molar-refractivity contribution in [3.63, 3.8) is 0 Å². The van der Waals surface area contributed by atoms with E-state index < -0.39 is 0 Å². The number of fused-ring (bicyclic) bond motifs is 1. The number of benzene rings is 3. The van der Waals surface area contributed by atoms with Gasteiger partial charge in [0.25, 0.3) is 5.91 Å². The van der Waals surface area contributed by atoms with Gasteiger partial charge in [-0.05, 0) is 49.1 Å². The normalized spacial score (nSPS) is 15.3. The number of carbonyl (C=O) groups excluding carboxylic acids is 1. The summed E-state index contributed by atoms with van der Waals surface area (Å²) in [6.07, 6.45) is 0. The summed E-state index contributed by atoms with van der Waals surface area (Å²) in [5.74, 6) is 0.0884. The van der Waals surface area contributed by atoms with Gasteiger partial charge in [0.05, 0.1) is 6.04 Å². The van der Waals surface area contributed by atoms with Crippen LogP contribution in [0.1, 0.15) is 49.9 Å². The lowest BCUT2D eigenvalue weighted by Crippen LogP contribution is -2.29. The fourth-order valence-electron chi connectivity index (χ4n) is 4.68. The van der Waals surface area contributed by atoms with Crippen molar-refractivity contribution in [1.29, 1.82) is 0 Å². The van der Waals surface area contributed by atoms with Crippen molar-refractivity contribution in [3.05, 3.63) is 106 Å². The molecule has 0 spiro atoms. The van der Waals surface area contributed by atoms with E-state index in [1.54, 1.807) is 6.07 Å². The molecule has 1 aliphatic heterocycles. The molecular weight excluding hydrogens is 398 g/mol. The molecule has 0 fully saturated rings. The summed E-state index contributed by atoms with van der Waals surface area (Å²) >= 11 is 0. The third-order valence-electron chi connectivity index (χ3n) is 6.15. The Kier molecular flexibility index (Phi) is 4.82. The minimum absolute atomic E-state index is 0.0857. The lowest BCUT2D eigenvalue weighted by Gasteiger charge is -2.27. The van der Waals surface area contributed by atoms with Crippen molar-refractivity contribution in [1.82, 2.24) is 15.1 Å². The second-order valence-corrected chi connectivity index (χ2v) is 8.57. The number of amides is 1. The molecule has 0 saturated heterocycles. The summed E-state index contributed by atoms with van der Waals surface area (Å²) < 4.78 is 0. The minimum Gasteiger partial charge on any atom is -0.507 e. The SMILES string of the molecule is Cc1ccc(CN2C(=O)c3[nH]nc(-c4c(C)cc(C)cc4O)c3C2c2ccccc2)cc1. The molecule has 3 aromatic carbocycles. The number of H-pyrrole nitrogens is 1. The van der Waals surface area contributed by atoms with Crippen molar-refractivity contribution in [3.8, 4) is 17.0 Å². The number of nitrogens with zero attached hydrogens (tertiary/aromatic N) is 2. The number of nitrogens with one attached hydrogen (secondary N) is 1. The Morgan fingerprint density at radius 2 is 1.69 bits per heavy atom. The van der Waals surface area contributed by atoms with Gasteiger partial charge < -0.3 is 10.0 Å². The van der Waals surface area contributed by atoms with E-state index in [9.17, 15) is 9.90 Å². The molecule has 1 atom stereocenters. The van der Waals surface area contributed by atoms with Gasteiger partial charge >= 0.3 is 0 Å². The molecule has 5 rings (SSSR count). The smallest absolute Gasteiger partial charge is 0.273 e. The molecule has 1 aliphatic rings. The molecule has 160 valence electrons. The van der Waals surface area contributed by atoms with Gasteiger partial charge in [-0.15, -0.1) is 0 Å². The summed E-state index contributed by atoms with van der Waals surface area (Å²) in [5.41, 5.74) is 7.76. The first kappa shape index (κ1) is 20.1. The van der Waals surface area contributed by atoms with E-state index in [1.165, 1.54) is 5.56 Å². The first-order valence-corrected chi connectivity index (χ1v) is 10.7. The molecule has 2 heterocycles. The molecule has 1 amide bonds. The summed E-state index contributed by atoms with van der Waals surface area (Å²) in [7, 11) is 0. The zero-order valence-electron chi connectivity index (χ0n) is 18.4. The predicted molar refractivity (Wildman–Crippen MR) is 124 cm³/mol. The number of rotatable bonds is 4. The zero-order chi connectivity index (χ0) is 22.4. The first-order valence-electron chi connectivity index (χ1n) is 10.7. The molecule has 1 unspecified atom stereocenters. The highest BCUT2D eigenvalue weighted by Crippen LogP contribution is 2.46. The number of aryl methyl sites for hydroxylation is 3. The minimum atomic E-state index is -0.297. The van der Waals surface area contributed by atoms with E-state index in [4.69, 9.17) is 0 Å². The van der Waals surface area contributed by atoms with Crippen LogP contribution in [0.4, 0.5) is 0 Å². The molecule has 0 radical (unpaired) electrons. The highest BCUT2D eigenvalue weighted by molar-refractivity contribution is 6.00. The largest absolute Gasteiger partial charge is 0.507 e. The monoisotopic (exact) mass is 423 g/mol. The van der Waals surface area contributed by atoms with Crippen molar-refractivity contribution in [2.75, 3.05) is 0 Å². The summed E-state index contributed by atoms with van der Waals surface area (Å²) in [5, 5.41) is 18.3.